The minimum atomic E-state index is -3.54. The normalized spacial score (nSPS) is 20.5. The van der Waals surface area contributed by atoms with Crippen molar-refractivity contribution in [3.8, 4) is 0 Å². The highest BCUT2D eigenvalue weighted by Crippen LogP contribution is 2.31. The molecule has 1 amide bonds. The standard InChI is InChI=1S/C18H18FNO4S/c19-16-6-2-1-5-15(16)17-9-10-20(11-13-25(17,22)23)18(21)8-7-14-4-3-12-24-14/h1-8,12,17H,9-11,13H2/b8-7+. The van der Waals surface area contributed by atoms with Gasteiger partial charge in [0.15, 0.2) is 9.84 Å². The summed E-state index contributed by atoms with van der Waals surface area (Å²) in [5.41, 5.74) is 0.169. The second-order valence-electron chi connectivity index (χ2n) is 5.84. The van der Waals surface area contributed by atoms with Gasteiger partial charge in [-0.05, 0) is 30.7 Å². The molecule has 1 saturated heterocycles. The van der Waals surface area contributed by atoms with Gasteiger partial charge in [0, 0.05) is 24.7 Å². The Hall–Kier alpha value is -2.41. The second-order valence-corrected chi connectivity index (χ2v) is 8.14. The lowest BCUT2D eigenvalue weighted by Crippen LogP contribution is -2.32. The highest BCUT2D eigenvalue weighted by molar-refractivity contribution is 7.91. The van der Waals surface area contributed by atoms with Gasteiger partial charge in [-0.15, -0.1) is 0 Å². The van der Waals surface area contributed by atoms with Crippen LogP contribution in [0.1, 0.15) is 23.0 Å². The molecule has 3 rings (SSSR count). The van der Waals surface area contributed by atoms with E-state index in [4.69, 9.17) is 4.42 Å². The largest absolute Gasteiger partial charge is 0.465 e. The number of benzene rings is 1. The highest BCUT2D eigenvalue weighted by atomic mass is 32.2. The zero-order valence-corrected chi connectivity index (χ0v) is 14.3. The number of carbonyl (C=O) groups is 1. The Morgan fingerprint density at radius 3 is 2.72 bits per heavy atom. The van der Waals surface area contributed by atoms with Gasteiger partial charge in [0.05, 0.1) is 17.3 Å². The van der Waals surface area contributed by atoms with Crippen LogP contribution in [-0.4, -0.2) is 38.1 Å². The lowest BCUT2D eigenvalue weighted by molar-refractivity contribution is -0.125. The summed E-state index contributed by atoms with van der Waals surface area (Å²) in [6, 6.07) is 9.31. The predicted octanol–water partition coefficient (Wildman–Crippen LogP) is 2.82. The van der Waals surface area contributed by atoms with E-state index in [0.29, 0.717) is 5.76 Å². The molecular formula is C18H18FNO4S. The lowest BCUT2D eigenvalue weighted by atomic mass is 10.1. The Morgan fingerprint density at radius 1 is 1.20 bits per heavy atom. The maximum Gasteiger partial charge on any atom is 0.246 e. The number of hydrogen-bond donors (Lipinski definition) is 0. The molecule has 0 N–H and O–H groups in total. The Labute approximate surface area is 145 Å². The van der Waals surface area contributed by atoms with Crippen molar-refractivity contribution in [3.63, 3.8) is 0 Å². The van der Waals surface area contributed by atoms with Crippen molar-refractivity contribution in [2.24, 2.45) is 0 Å². The van der Waals surface area contributed by atoms with Gasteiger partial charge >= 0.3 is 0 Å². The number of sulfone groups is 1. The Bertz CT molecular complexity index is 874. The van der Waals surface area contributed by atoms with E-state index in [-0.39, 0.29) is 36.7 Å². The summed E-state index contributed by atoms with van der Waals surface area (Å²) in [6.45, 7) is 0.341. The molecule has 1 fully saturated rings. The number of rotatable bonds is 3. The van der Waals surface area contributed by atoms with E-state index < -0.39 is 20.9 Å². The molecule has 0 aliphatic carbocycles. The average molecular weight is 363 g/mol. The maximum atomic E-state index is 14.0. The summed E-state index contributed by atoms with van der Waals surface area (Å²) in [4.78, 5) is 13.8. The van der Waals surface area contributed by atoms with Gasteiger partial charge in [-0.25, -0.2) is 12.8 Å². The van der Waals surface area contributed by atoms with Gasteiger partial charge < -0.3 is 9.32 Å². The molecule has 7 heteroatoms. The first-order valence-corrected chi connectivity index (χ1v) is 9.65. The highest BCUT2D eigenvalue weighted by Gasteiger charge is 2.33. The van der Waals surface area contributed by atoms with E-state index in [1.165, 1.54) is 41.5 Å². The summed E-state index contributed by atoms with van der Waals surface area (Å²) in [6.07, 6.45) is 4.57. The number of halogens is 1. The molecule has 1 aromatic carbocycles. The Kier molecular flexibility index (Phi) is 5.03. The molecule has 0 radical (unpaired) electrons. The van der Waals surface area contributed by atoms with E-state index in [9.17, 15) is 17.6 Å². The SMILES string of the molecule is O=C(/C=C/c1ccco1)N1CCC(c2ccccc2F)S(=O)(=O)CC1. The van der Waals surface area contributed by atoms with Crippen molar-refractivity contribution >= 4 is 21.8 Å². The molecule has 25 heavy (non-hydrogen) atoms. The van der Waals surface area contributed by atoms with E-state index >= 15 is 0 Å². The summed E-state index contributed by atoms with van der Waals surface area (Å²) < 4.78 is 44.2. The van der Waals surface area contributed by atoms with Crippen LogP contribution in [0.2, 0.25) is 0 Å². The topological polar surface area (TPSA) is 67.6 Å². The van der Waals surface area contributed by atoms with Crippen LogP contribution in [0.3, 0.4) is 0 Å². The van der Waals surface area contributed by atoms with E-state index in [1.54, 1.807) is 18.2 Å². The van der Waals surface area contributed by atoms with Crippen LogP contribution in [-0.2, 0) is 14.6 Å². The molecule has 1 atom stereocenters. The molecule has 1 aromatic heterocycles. The van der Waals surface area contributed by atoms with Gasteiger partial charge in [0.25, 0.3) is 0 Å². The van der Waals surface area contributed by atoms with Crippen molar-refractivity contribution in [3.05, 3.63) is 65.9 Å². The smallest absolute Gasteiger partial charge is 0.246 e. The van der Waals surface area contributed by atoms with Crippen LogP contribution in [0.15, 0.2) is 53.2 Å². The Balaban J connectivity index is 1.76. The molecule has 2 heterocycles. The predicted molar refractivity (Wildman–Crippen MR) is 91.9 cm³/mol. The third kappa shape index (κ3) is 3.99. The van der Waals surface area contributed by atoms with Crippen LogP contribution >= 0.6 is 0 Å². The van der Waals surface area contributed by atoms with Gasteiger partial charge in [0.1, 0.15) is 11.6 Å². The molecule has 5 nitrogen and oxygen atoms in total. The van der Waals surface area contributed by atoms with Crippen molar-refractivity contribution in [2.45, 2.75) is 11.7 Å². The van der Waals surface area contributed by atoms with Gasteiger partial charge in [-0.2, -0.15) is 0 Å². The first kappa shape index (κ1) is 17.4. The molecule has 132 valence electrons. The van der Waals surface area contributed by atoms with E-state index in [1.807, 2.05) is 0 Å². The third-order valence-electron chi connectivity index (χ3n) is 4.24. The van der Waals surface area contributed by atoms with Crippen LogP contribution in [0.4, 0.5) is 4.39 Å². The quantitative estimate of drug-likeness (QED) is 0.787. The number of nitrogens with zero attached hydrogens (tertiary/aromatic N) is 1. The summed E-state index contributed by atoms with van der Waals surface area (Å²) in [5, 5.41) is -0.930. The molecular weight excluding hydrogens is 345 g/mol. The zero-order chi connectivity index (χ0) is 17.9. The summed E-state index contributed by atoms with van der Waals surface area (Å²) >= 11 is 0. The van der Waals surface area contributed by atoms with Crippen LogP contribution in [0, 0.1) is 5.82 Å². The fourth-order valence-electron chi connectivity index (χ4n) is 2.89. The lowest BCUT2D eigenvalue weighted by Gasteiger charge is -2.18. The molecule has 0 saturated carbocycles. The van der Waals surface area contributed by atoms with Gasteiger partial charge in [-0.3, -0.25) is 4.79 Å². The monoisotopic (exact) mass is 363 g/mol. The Morgan fingerprint density at radius 2 is 2.00 bits per heavy atom. The first-order valence-electron chi connectivity index (χ1n) is 7.94. The molecule has 1 unspecified atom stereocenters. The first-order chi connectivity index (χ1) is 12.0. The van der Waals surface area contributed by atoms with Crippen LogP contribution < -0.4 is 0 Å². The van der Waals surface area contributed by atoms with E-state index in [0.717, 1.165) is 0 Å². The number of hydrogen-bond acceptors (Lipinski definition) is 4. The number of amides is 1. The molecule has 0 spiro atoms. The average Bonchev–Trinajstić information content (AvgIpc) is 3.05. The molecule has 1 aliphatic heterocycles. The van der Waals surface area contributed by atoms with Gasteiger partial charge in [0.2, 0.25) is 5.91 Å². The van der Waals surface area contributed by atoms with Gasteiger partial charge in [-0.1, -0.05) is 18.2 Å². The summed E-state index contributed by atoms with van der Waals surface area (Å²) in [5.74, 6) is -0.471. The van der Waals surface area contributed by atoms with E-state index in [2.05, 4.69) is 0 Å². The number of carbonyl (C=O) groups excluding carboxylic acids is 1. The zero-order valence-electron chi connectivity index (χ0n) is 13.5. The molecule has 1 aliphatic rings. The minimum Gasteiger partial charge on any atom is -0.465 e. The molecule has 2 aromatic rings. The third-order valence-corrected chi connectivity index (χ3v) is 6.35. The summed E-state index contributed by atoms with van der Waals surface area (Å²) in [7, 11) is -3.54. The van der Waals surface area contributed by atoms with Crippen molar-refractivity contribution in [1.29, 1.82) is 0 Å². The molecule has 0 bridgehead atoms. The maximum absolute atomic E-state index is 14.0. The van der Waals surface area contributed by atoms with Crippen molar-refractivity contribution < 1.29 is 22.0 Å². The number of furan rings is 1. The fourth-order valence-corrected chi connectivity index (χ4v) is 4.70. The fraction of sp³-hybridized carbons (Fsp3) is 0.278. The second kappa shape index (κ2) is 7.23. The van der Waals surface area contributed by atoms with Crippen LogP contribution in [0.5, 0.6) is 0 Å². The minimum absolute atomic E-state index is 0.0919. The van der Waals surface area contributed by atoms with Crippen LogP contribution in [0.25, 0.3) is 6.08 Å². The van der Waals surface area contributed by atoms with Crippen molar-refractivity contribution in [2.75, 3.05) is 18.8 Å². The van der Waals surface area contributed by atoms with Crippen molar-refractivity contribution in [1.82, 2.24) is 4.90 Å².